The van der Waals surface area contributed by atoms with Crippen LogP contribution in [-0.4, -0.2) is 25.5 Å². The van der Waals surface area contributed by atoms with Crippen LogP contribution < -0.4 is 10.6 Å². The molecule has 0 aliphatic carbocycles. The fraction of sp³-hybridized carbons (Fsp3) is 0.357. The molecule has 0 saturated heterocycles. The Kier molecular flexibility index (Phi) is 5.17. The van der Waals surface area contributed by atoms with E-state index in [1.54, 1.807) is 17.4 Å². The van der Waals surface area contributed by atoms with Gasteiger partial charge < -0.3 is 10.6 Å². The smallest absolute Gasteiger partial charge is 0.244 e. The van der Waals surface area contributed by atoms with Crippen molar-refractivity contribution in [1.29, 1.82) is 0 Å². The molecule has 3 nitrogen and oxygen atoms in total. The third kappa shape index (κ3) is 4.47. The number of hydrogen-bond donors (Lipinski definition) is 2. The molecular formula is C14H18N2OS. The molecule has 1 amide bonds. The molecule has 18 heavy (non-hydrogen) atoms. The predicted octanol–water partition coefficient (Wildman–Crippen LogP) is 2.19. The van der Waals surface area contributed by atoms with E-state index in [0.717, 1.165) is 37.4 Å². The van der Waals surface area contributed by atoms with Crippen molar-refractivity contribution in [3.8, 4) is 0 Å². The predicted molar refractivity (Wildman–Crippen MR) is 76.5 cm³/mol. The molecule has 0 aromatic carbocycles. The van der Waals surface area contributed by atoms with Gasteiger partial charge in [0.15, 0.2) is 0 Å². The average Bonchev–Trinajstić information content (AvgIpc) is 2.91. The molecule has 0 unspecified atom stereocenters. The topological polar surface area (TPSA) is 41.1 Å². The quantitative estimate of drug-likeness (QED) is 0.631. The number of nitrogens with one attached hydrogen (secondary N) is 2. The van der Waals surface area contributed by atoms with Gasteiger partial charge in [0.1, 0.15) is 0 Å². The van der Waals surface area contributed by atoms with Crippen molar-refractivity contribution in [3.63, 3.8) is 0 Å². The summed E-state index contributed by atoms with van der Waals surface area (Å²) in [6.45, 7) is 2.74. The SMILES string of the molecule is O=C(/C=C/c1cccs1)NCCC1=CCNCC1. The zero-order chi connectivity index (χ0) is 12.6. The summed E-state index contributed by atoms with van der Waals surface area (Å²) >= 11 is 1.63. The van der Waals surface area contributed by atoms with Crippen molar-refractivity contribution < 1.29 is 4.79 Å². The lowest BCUT2D eigenvalue weighted by Crippen LogP contribution is -2.25. The van der Waals surface area contributed by atoms with Crippen molar-refractivity contribution in [3.05, 3.63) is 40.1 Å². The molecule has 1 aliphatic heterocycles. The van der Waals surface area contributed by atoms with E-state index in [9.17, 15) is 4.79 Å². The lowest BCUT2D eigenvalue weighted by atomic mass is 10.1. The molecule has 0 spiro atoms. The average molecular weight is 262 g/mol. The molecule has 1 aliphatic rings. The molecule has 0 radical (unpaired) electrons. The van der Waals surface area contributed by atoms with E-state index in [2.05, 4.69) is 16.7 Å². The van der Waals surface area contributed by atoms with E-state index < -0.39 is 0 Å². The highest BCUT2D eigenvalue weighted by Crippen LogP contribution is 2.10. The van der Waals surface area contributed by atoms with Crippen LogP contribution in [0.1, 0.15) is 17.7 Å². The third-order valence-electron chi connectivity index (χ3n) is 2.85. The molecular weight excluding hydrogens is 244 g/mol. The van der Waals surface area contributed by atoms with Gasteiger partial charge in [-0.3, -0.25) is 4.79 Å². The summed E-state index contributed by atoms with van der Waals surface area (Å²) < 4.78 is 0. The molecule has 1 aromatic heterocycles. The number of thiophene rings is 1. The lowest BCUT2D eigenvalue weighted by Gasteiger charge is -2.13. The Labute approximate surface area is 112 Å². The number of carbonyl (C=O) groups excluding carboxylic acids is 1. The summed E-state index contributed by atoms with van der Waals surface area (Å²) in [4.78, 5) is 12.7. The zero-order valence-electron chi connectivity index (χ0n) is 10.3. The van der Waals surface area contributed by atoms with Crippen LogP contribution >= 0.6 is 11.3 Å². The Morgan fingerprint density at radius 1 is 1.56 bits per heavy atom. The van der Waals surface area contributed by atoms with Crippen molar-refractivity contribution in [2.75, 3.05) is 19.6 Å². The highest BCUT2D eigenvalue weighted by atomic mass is 32.1. The van der Waals surface area contributed by atoms with Crippen LogP contribution in [0.15, 0.2) is 35.2 Å². The molecule has 1 aromatic rings. The number of rotatable bonds is 5. The van der Waals surface area contributed by atoms with Gasteiger partial charge in [-0.2, -0.15) is 0 Å². The van der Waals surface area contributed by atoms with Crippen molar-refractivity contribution >= 4 is 23.3 Å². The molecule has 0 atom stereocenters. The Morgan fingerprint density at radius 2 is 2.50 bits per heavy atom. The maximum absolute atomic E-state index is 11.6. The van der Waals surface area contributed by atoms with Crippen LogP contribution in [0.2, 0.25) is 0 Å². The molecule has 4 heteroatoms. The molecule has 0 saturated carbocycles. The van der Waals surface area contributed by atoms with E-state index in [0.29, 0.717) is 0 Å². The monoisotopic (exact) mass is 262 g/mol. The van der Waals surface area contributed by atoms with E-state index in [-0.39, 0.29) is 5.91 Å². The molecule has 2 N–H and O–H groups in total. The minimum absolute atomic E-state index is 0.0158. The van der Waals surface area contributed by atoms with E-state index in [1.807, 2.05) is 23.6 Å². The van der Waals surface area contributed by atoms with E-state index >= 15 is 0 Å². The van der Waals surface area contributed by atoms with E-state index in [4.69, 9.17) is 0 Å². The van der Waals surface area contributed by atoms with Crippen LogP contribution in [0.4, 0.5) is 0 Å². The van der Waals surface area contributed by atoms with Crippen LogP contribution in [0.25, 0.3) is 6.08 Å². The summed E-state index contributed by atoms with van der Waals surface area (Å²) in [7, 11) is 0. The highest BCUT2D eigenvalue weighted by Gasteiger charge is 2.03. The first-order valence-electron chi connectivity index (χ1n) is 6.22. The minimum atomic E-state index is -0.0158. The van der Waals surface area contributed by atoms with Crippen molar-refractivity contribution in [2.45, 2.75) is 12.8 Å². The van der Waals surface area contributed by atoms with Crippen LogP contribution in [-0.2, 0) is 4.79 Å². The Hall–Kier alpha value is -1.39. The molecule has 0 fully saturated rings. The number of amides is 1. The highest BCUT2D eigenvalue weighted by molar-refractivity contribution is 7.10. The molecule has 2 rings (SSSR count). The summed E-state index contributed by atoms with van der Waals surface area (Å²) in [5.74, 6) is -0.0158. The largest absolute Gasteiger partial charge is 0.352 e. The Morgan fingerprint density at radius 3 is 3.22 bits per heavy atom. The van der Waals surface area contributed by atoms with Gasteiger partial charge in [-0.1, -0.05) is 17.7 Å². The second-order valence-corrected chi connectivity index (χ2v) is 5.19. The summed E-state index contributed by atoms with van der Waals surface area (Å²) in [5.41, 5.74) is 1.44. The van der Waals surface area contributed by atoms with E-state index in [1.165, 1.54) is 5.57 Å². The normalized spacial score (nSPS) is 15.7. The Bertz CT molecular complexity index is 435. The Balaban J connectivity index is 1.67. The van der Waals surface area contributed by atoms with Gasteiger partial charge in [0, 0.05) is 24.0 Å². The van der Waals surface area contributed by atoms with Crippen molar-refractivity contribution in [1.82, 2.24) is 10.6 Å². The summed E-state index contributed by atoms with van der Waals surface area (Å²) in [6.07, 6.45) is 7.73. The summed E-state index contributed by atoms with van der Waals surface area (Å²) in [6, 6.07) is 3.97. The second-order valence-electron chi connectivity index (χ2n) is 4.21. The summed E-state index contributed by atoms with van der Waals surface area (Å²) in [5, 5.41) is 8.19. The maximum Gasteiger partial charge on any atom is 0.244 e. The zero-order valence-corrected chi connectivity index (χ0v) is 11.1. The molecule has 2 heterocycles. The van der Waals surface area contributed by atoms with Crippen LogP contribution in [0.3, 0.4) is 0 Å². The fourth-order valence-corrected chi connectivity index (χ4v) is 2.46. The van der Waals surface area contributed by atoms with Gasteiger partial charge >= 0.3 is 0 Å². The lowest BCUT2D eigenvalue weighted by molar-refractivity contribution is -0.116. The van der Waals surface area contributed by atoms with Gasteiger partial charge in [-0.25, -0.2) is 0 Å². The van der Waals surface area contributed by atoms with Crippen molar-refractivity contribution in [2.24, 2.45) is 0 Å². The number of carbonyl (C=O) groups is 1. The standard InChI is InChI=1S/C14H18N2OS/c17-14(4-3-13-2-1-11-18-13)16-10-7-12-5-8-15-9-6-12/h1-5,11,15H,6-10H2,(H,16,17)/b4-3+. The van der Waals surface area contributed by atoms with Crippen LogP contribution in [0.5, 0.6) is 0 Å². The maximum atomic E-state index is 11.6. The van der Waals surface area contributed by atoms with Gasteiger partial charge in [0.25, 0.3) is 0 Å². The first-order valence-corrected chi connectivity index (χ1v) is 7.10. The first kappa shape index (κ1) is 13.1. The first-order chi connectivity index (χ1) is 8.84. The third-order valence-corrected chi connectivity index (χ3v) is 3.68. The van der Waals surface area contributed by atoms with Crippen LogP contribution in [0, 0.1) is 0 Å². The fourth-order valence-electron chi connectivity index (χ4n) is 1.85. The van der Waals surface area contributed by atoms with Gasteiger partial charge in [-0.05, 0) is 36.9 Å². The molecule has 96 valence electrons. The molecule has 0 bridgehead atoms. The minimum Gasteiger partial charge on any atom is -0.352 e. The second kappa shape index (κ2) is 7.13. The van der Waals surface area contributed by atoms with Gasteiger partial charge in [-0.15, -0.1) is 11.3 Å². The van der Waals surface area contributed by atoms with Gasteiger partial charge in [0.05, 0.1) is 0 Å². The van der Waals surface area contributed by atoms with Gasteiger partial charge in [0.2, 0.25) is 5.91 Å². The number of hydrogen-bond acceptors (Lipinski definition) is 3.